The molecule has 4 heteroatoms. The zero-order valence-electron chi connectivity index (χ0n) is 12.1. The van der Waals surface area contributed by atoms with Crippen LogP contribution in [0.5, 0.6) is 0 Å². The summed E-state index contributed by atoms with van der Waals surface area (Å²) < 4.78 is 1.15. The van der Waals surface area contributed by atoms with Gasteiger partial charge < -0.3 is 15.1 Å². The number of nitrogens with zero attached hydrogens (tertiary/aromatic N) is 2. The van der Waals surface area contributed by atoms with Gasteiger partial charge in [0.15, 0.2) is 0 Å². The Morgan fingerprint density at radius 1 is 1.37 bits per heavy atom. The molecule has 1 atom stereocenters. The third kappa shape index (κ3) is 3.71. The molecule has 0 saturated carbocycles. The summed E-state index contributed by atoms with van der Waals surface area (Å²) in [5.74, 6) is 0. The maximum Gasteiger partial charge on any atom is 0.0415 e. The van der Waals surface area contributed by atoms with Gasteiger partial charge in [0.2, 0.25) is 0 Å². The van der Waals surface area contributed by atoms with Gasteiger partial charge in [-0.05, 0) is 57.7 Å². The van der Waals surface area contributed by atoms with E-state index in [-0.39, 0.29) is 0 Å². The molecule has 0 aliphatic carbocycles. The molecular formula is C15H24BrN3. The molecule has 0 spiro atoms. The summed E-state index contributed by atoms with van der Waals surface area (Å²) in [6.07, 6.45) is 1.23. The molecule has 1 unspecified atom stereocenters. The van der Waals surface area contributed by atoms with Crippen molar-refractivity contribution in [3.63, 3.8) is 0 Å². The first-order chi connectivity index (χ1) is 9.11. The number of hydrogen-bond acceptors (Lipinski definition) is 3. The lowest BCUT2D eigenvalue weighted by Gasteiger charge is -2.32. The van der Waals surface area contributed by atoms with Crippen LogP contribution < -0.4 is 10.2 Å². The Labute approximate surface area is 125 Å². The Bertz CT molecular complexity index is 422. The van der Waals surface area contributed by atoms with Crippen LogP contribution in [0.15, 0.2) is 22.7 Å². The van der Waals surface area contributed by atoms with E-state index in [2.05, 4.69) is 63.2 Å². The third-order valence-corrected chi connectivity index (χ3v) is 4.26. The van der Waals surface area contributed by atoms with Crippen molar-refractivity contribution < 1.29 is 0 Å². The van der Waals surface area contributed by atoms with Crippen molar-refractivity contribution in [3.05, 3.63) is 28.2 Å². The Morgan fingerprint density at radius 2 is 2.16 bits per heavy atom. The van der Waals surface area contributed by atoms with Gasteiger partial charge >= 0.3 is 0 Å². The predicted molar refractivity (Wildman–Crippen MR) is 85.8 cm³/mol. The fraction of sp³-hybridized carbons (Fsp3) is 0.600. The number of anilines is 1. The molecule has 1 fully saturated rings. The zero-order valence-corrected chi connectivity index (χ0v) is 13.7. The zero-order chi connectivity index (χ0) is 13.8. The second-order valence-corrected chi connectivity index (χ2v) is 6.38. The Morgan fingerprint density at radius 3 is 2.89 bits per heavy atom. The topological polar surface area (TPSA) is 18.5 Å². The maximum atomic E-state index is 3.58. The summed E-state index contributed by atoms with van der Waals surface area (Å²) in [5, 5.41) is 3.27. The molecular weight excluding hydrogens is 302 g/mol. The van der Waals surface area contributed by atoms with Crippen molar-refractivity contribution in [2.24, 2.45) is 0 Å². The minimum atomic E-state index is 0.560. The van der Waals surface area contributed by atoms with Gasteiger partial charge in [0, 0.05) is 35.8 Å². The van der Waals surface area contributed by atoms with Gasteiger partial charge in [-0.25, -0.2) is 0 Å². The van der Waals surface area contributed by atoms with Gasteiger partial charge in [0.25, 0.3) is 0 Å². The Hall–Kier alpha value is -0.580. The molecule has 1 heterocycles. The van der Waals surface area contributed by atoms with E-state index >= 15 is 0 Å². The van der Waals surface area contributed by atoms with E-state index in [1.807, 2.05) is 7.05 Å². The Balaban J connectivity index is 2.28. The van der Waals surface area contributed by atoms with Crippen molar-refractivity contribution in [2.75, 3.05) is 38.6 Å². The molecule has 3 nitrogen and oxygen atoms in total. The number of halogens is 1. The molecule has 106 valence electrons. The van der Waals surface area contributed by atoms with Crippen LogP contribution in [0, 0.1) is 0 Å². The standard InChI is InChI=1S/C15H24BrN3/c1-12-11-18(3)7-4-8-19(12)15-6-5-14(16)9-13(15)10-17-2/h5-6,9,12,17H,4,7-8,10-11H2,1-3H3. The van der Waals surface area contributed by atoms with Crippen molar-refractivity contribution in [2.45, 2.75) is 25.9 Å². The smallest absolute Gasteiger partial charge is 0.0415 e. The van der Waals surface area contributed by atoms with Crippen molar-refractivity contribution in [1.82, 2.24) is 10.2 Å². The molecule has 1 aromatic carbocycles. The molecule has 1 aliphatic heterocycles. The summed E-state index contributed by atoms with van der Waals surface area (Å²) in [7, 11) is 4.22. The predicted octanol–water partition coefficient (Wildman–Crippen LogP) is 2.70. The van der Waals surface area contributed by atoms with Crippen LogP contribution in [0.2, 0.25) is 0 Å². The molecule has 19 heavy (non-hydrogen) atoms. The van der Waals surface area contributed by atoms with Gasteiger partial charge in [-0.1, -0.05) is 15.9 Å². The molecule has 2 rings (SSSR count). The molecule has 1 aliphatic rings. The molecule has 0 amide bonds. The van der Waals surface area contributed by atoms with Crippen LogP contribution in [-0.4, -0.2) is 44.7 Å². The largest absolute Gasteiger partial charge is 0.367 e. The number of benzene rings is 1. The van der Waals surface area contributed by atoms with Gasteiger partial charge in [0.1, 0.15) is 0 Å². The van der Waals surface area contributed by atoms with Gasteiger partial charge in [-0.3, -0.25) is 0 Å². The van der Waals surface area contributed by atoms with Gasteiger partial charge in [0.05, 0.1) is 0 Å². The lowest BCUT2D eigenvalue weighted by Crippen LogP contribution is -2.38. The third-order valence-electron chi connectivity index (χ3n) is 3.77. The highest BCUT2D eigenvalue weighted by atomic mass is 79.9. The highest BCUT2D eigenvalue weighted by Crippen LogP contribution is 2.27. The average molecular weight is 326 g/mol. The molecule has 0 bridgehead atoms. The van der Waals surface area contributed by atoms with E-state index in [0.29, 0.717) is 6.04 Å². The quantitative estimate of drug-likeness (QED) is 0.921. The summed E-state index contributed by atoms with van der Waals surface area (Å²) in [6, 6.07) is 7.19. The van der Waals surface area contributed by atoms with Crippen LogP contribution in [0.25, 0.3) is 0 Å². The van der Waals surface area contributed by atoms with Crippen LogP contribution in [-0.2, 0) is 6.54 Å². The molecule has 0 radical (unpaired) electrons. The van der Waals surface area contributed by atoms with Crippen molar-refractivity contribution in [3.8, 4) is 0 Å². The second-order valence-electron chi connectivity index (χ2n) is 5.46. The van der Waals surface area contributed by atoms with E-state index in [9.17, 15) is 0 Å². The summed E-state index contributed by atoms with van der Waals surface area (Å²) in [6.45, 7) is 6.71. The summed E-state index contributed by atoms with van der Waals surface area (Å²) in [5.41, 5.74) is 2.74. The van der Waals surface area contributed by atoms with Crippen LogP contribution in [0.3, 0.4) is 0 Å². The maximum absolute atomic E-state index is 3.58. The first-order valence-electron chi connectivity index (χ1n) is 7.00. The van der Waals surface area contributed by atoms with Gasteiger partial charge in [-0.15, -0.1) is 0 Å². The van der Waals surface area contributed by atoms with Gasteiger partial charge in [-0.2, -0.15) is 0 Å². The number of nitrogens with one attached hydrogen (secondary N) is 1. The fourth-order valence-electron chi connectivity index (χ4n) is 2.90. The number of rotatable bonds is 3. The fourth-order valence-corrected chi connectivity index (χ4v) is 3.30. The molecule has 1 N–H and O–H groups in total. The Kier molecular flexibility index (Phi) is 5.25. The second kappa shape index (κ2) is 6.73. The molecule has 1 aromatic rings. The van der Waals surface area contributed by atoms with E-state index in [0.717, 1.165) is 24.1 Å². The van der Waals surface area contributed by atoms with Crippen molar-refractivity contribution >= 4 is 21.6 Å². The van der Waals surface area contributed by atoms with E-state index < -0.39 is 0 Å². The minimum absolute atomic E-state index is 0.560. The highest BCUT2D eigenvalue weighted by Gasteiger charge is 2.21. The number of hydrogen-bond donors (Lipinski definition) is 1. The number of likely N-dealkylation sites (N-methyl/N-ethyl adjacent to an activating group) is 1. The van der Waals surface area contributed by atoms with Crippen LogP contribution >= 0.6 is 15.9 Å². The normalized spacial score (nSPS) is 21.5. The molecule has 1 saturated heterocycles. The first-order valence-corrected chi connectivity index (χ1v) is 7.79. The summed E-state index contributed by atoms with van der Waals surface area (Å²) in [4.78, 5) is 4.99. The monoisotopic (exact) mass is 325 g/mol. The average Bonchev–Trinajstić information content (AvgIpc) is 2.51. The van der Waals surface area contributed by atoms with Crippen molar-refractivity contribution in [1.29, 1.82) is 0 Å². The van der Waals surface area contributed by atoms with E-state index in [1.54, 1.807) is 0 Å². The van der Waals surface area contributed by atoms with Crippen LogP contribution in [0.1, 0.15) is 18.9 Å². The van der Waals surface area contributed by atoms with Crippen LogP contribution in [0.4, 0.5) is 5.69 Å². The van der Waals surface area contributed by atoms with E-state index in [1.165, 1.54) is 24.2 Å². The SMILES string of the molecule is CNCc1cc(Br)ccc1N1CCCN(C)CC1C. The highest BCUT2D eigenvalue weighted by molar-refractivity contribution is 9.10. The summed E-state index contributed by atoms with van der Waals surface area (Å²) >= 11 is 3.58. The lowest BCUT2D eigenvalue weighted by atomic mass is 10.1. The lowest BCUT2D eigenvalue weighted by molar-refractivity contribution is 0.337. The van der Waals surface area contributed by atoms with E-state index in [4.69, 9.17) is 0 Å². The minimum Gasteiger partial charge on any atom is -0.367 e. The first kappa shape index (κ1) is 14.8. The molecule has 0 aromatic heterocycles.